The molecule has 19 heavy (non-hydrogen) atoms. The van der Waals surface area contributed by atoms with Gasteiger partial charge in [-0.25, -0.2) is 12.8 Å². The van der Waals surface area contributed by atoms with E-state index in [0.717, 1.165) is 5.56 Å². The van der Waals surface area contributed by atoms with Crippen LogP contribution in [0.5, 0.6) is 0 Å². The van der Waals surface area contributed by atoms with Crippen LogP contribution in [-0.2, 0) is 10.0 Å². The van der Waals surface area contributed by atoms with Gasteiger partial charge in [0.2, 0.25) is 0 Å². The Hall–Kier alpha value is -1.15. The molecule has 1 N–H and O–H groups in total. The first-order valence-electron chi connectivity index (χ1n) is 5.43. The summed E-state index contributed by atoms with van der Waals surface area (Å²) in [6, 6.07) is 10.5. The van der Waals surface area contributed by atoms with E-state index in [1.54, 1.807) is 12.1 Å². The van der Waals surface area contributed by atoms with Crippen molar-refractivity contribution in [2.75, 3.05) is 4.72 Å². The fraction of sp³-hybridized carbons (Fsp3) is 0.0769. The van der Waals surface area contributed by atoms with Crippen molar-refractivity contribution in [2.24, 2.45) is 0 Å². The molecule has 0 radical (unpaired) electrons. The lowest BCUT2D eigenvalue weighted by atomic mass is 10.2. The molecule has 6 heteroatoms. The van der Waals surface area contributed by atoms with Gasteiger partial charge in [-0.05, 0) is 65.4 Å². The summed E-state index contributed by atoms with van der Waals surface area (Å²) in [7, 11) is -3.65. The van der Waals surface area contributed by atoms with Gasteiger partial charge < -0.3 is 0 Å². The SMILES string of the molecule is Cc1cccc(S(=O)(=O)Nc2ccc(F)cc2I)c1. The zero-order valence-corrected chi connectivity index (χ0v) is 13.0. The van der Waals surface area contributed by atoms with Crippen molar-refractivity contribution in [3.8, 4) is 0 Å². The molecule has 0 heterocycles. The number of benzene rings is 2. The summed E-state index contributed by atoms with van der Waals surface area (Å²) in [6.07, 6.45) is 0. The standard InChI is InChI=1S/C13H11FINO2S/c1-9-3-2-4-11(7-9)19(17,18)16-13-6-5-10(14)8-12(13)15/h2-8,16H,1H3. The van der Waals surface area contributed by atoms with Gasteiger partial charge in [0.25, 0.3) is 10.0 Å². The molecule has 0 unspecified atom stereocenters. The fourth-order valence-electron chi connectivity index (χ4n) is 1.56. The van der Waals surface area contributed by atoms with E-state index in [1.807, 2.05) is 35.6 Å². The summed E-state index contributed by atoms with van der Waals surface area (Å²) < 4.78 is 40.3. The topological polar surface area (TPSA) is 46.2 Å². The van der Waals surface area contributed by atoms with Gasteiger partial charge >= 0.3 is 0 Å². The van der Waals surface area contributed by atoms with Gasteiger partial charge in [-0.3, -0.25) is 4.72 Å². The highest BCUT2D eigenvalue weighted by Gasteiger charge is 2.15. The number of sulfonamides is 1. The molecule has 0 bridgehead atoms. The van der Waals surface area contributed by atoms with Crippen molar-refractivity contribution >= 4 is 38.3 Å². The normalized spacial score (nSPS) is 11.3. The molecule has 0 aliphatic rings. The molecule has 2 aromatic carbocycles. The number of hydrogen-bond acceptors (Lipinski definition) is 2. The van der Waals surface area contributed by atoms with E-state index >= 15 is 0 Å². The molecule has 0 fully saturated rings. The molecule has 0 aliphatic carbocycles. The van der Waals surface area contributed by atoms with E-state index in [2.05, 4.69) is 4.72 Å². The summed E-state index contributed by atoms with van der Waals surface area (Å²) in [6.45, 7) is 1.82. The van der Waals surface area contributed by atoms with Crippen LogP contribution in [0.25, 0.3) is 0 Å². The van der Waals surface area contributed by atoms with Gasteiger partial charge in [0.15, 0.2) is 0 Å². The molecule has 0 saturated carbocycles. The predicted molar refractivity (Wildman–Crippen MR) is 81.1 cm³/mol. The van der Waals surface area contributed by atoms with Gasteiger partial charge in [0.05, 0.1) is 10.6 Å². The van der Waals surface area contributed by atoms with Crippen molar-refractivity contribution in [3.05, 3.63) is 57.4 Å². The lowest BCUT2D eigenvalue weighted by molar-refractivity contribution is 0.601. The average Bonchev–Trinajstić information content (AvgIpc) is 2.33. The monoisotopic (exact) mass is 391 g/mol. The van der Waals surface area contributed by atoms with Gasteiger partial charge in [-0.2, -0.15) is 0 Å². The van der Waals surface area contributed by atoms with Crippen molar-refractivity contribution in [1.82, 2.24) is 0 Å². The predicted octanol–water partition coefficient (Wildman–Crippen LogP) is 3.54. The van der Waals surface area contributed by atoms with Crippen LogP contribution in [0.1, 0.15) is 5.56 Å². The number of halogens is 2. The number of anilines is 1. The minimum absolute atomic E-state index is 0.188. The fourth-order valence-corrected chi connectivity index (χ4v) is 3.54. The van der Waals surface area contributed by atoms with E-state index in [0.29, 0.717) is 9.26 Å². The lowest BCUT2D eigenvalue weighted by Crippen LogP contribution is -2.14. The number of rotatable bonds is 3. The molecule has 0 atom stereocenters. The van der Waals surface area contributed by atoms with E-state index in [-0.39, 0.29) is 4.90 Å². The lowest BCUT2D eigenvalue weighted by Gasteiger charge is -2.10. The first kappa shape index (κ1) is 14.3. The second-order valence-corrected chi connectivity index (χ2v) is 6.89. The van der Waals surface area contributed by atoms with E-state index < -0.39 is 15.8 Å². The summed E-state index contributed by atoms with van der Waals surface area (Å²) >= 11 is 1.89. The maximum absolute atomic E-state index is 13.0. The Morgan fingerprint density at radius 1 is 1.16 bits per heavy atom. The minimum Gasteiger partial charge on any atom is -0.279 e. The molecule has 0 aliphatic heterocycles. The van der Waals surface area contributed by atoms with Crippen molar-refractivity contribution < 1.29 is 12.8 Å². The highest BCUT2D eigenvalue weighted by Crippen LogP contribution is 2.22. The van der Waals surface area contributed by atoms with Crippen LogP contribution in [0, 0.1) is 16.3 Å². The summed E-state index contributed by atoms with van der Waals surface area (Å²) in [5.74, 6) is -0.400. The Morgan fingerprint density at radius 2 is 1.89 bits per heavy atom. The molecule has 3 nitrogen and oxygen atoms in total. The van der Waals surface area contributed by atoms with Crippen LogP contribution < -0.4 is 4.72 Å². The number of aryl methyl sites for hydroxylation is 1. The molecule has 100 valence electrons. The Balaban J connectivity index is 2.36. The van der Waals surface area contributed by atoms with Crippen LogP contribution in [0.15, 0.2) is 47.4 Å². The van der Waals surface area contributed by atoms with E-state index in [1.165, 1.54) is 24.3 Å². The quantitative estimate of drug-likeness (QED) is 0.814. The Morgan fingerprint density at radius 3 is 2.53 bits per heavy atom. The number of hydrogen-bond donors (Lipinski definition) is 1. The van der Waals surface area contributed by atoms with Gasteiger partial charge in [-0.1, -0.05) is 12.1 Å². The van der Waals surface area contributed by atoms with Gasteiger partial charge in [0.1, 0.15) is 5.82 Å². The van der Waals surface area contributed by atoms with Crippen molar-refractivity contribution in [1.29, 1.82) is 0 Å². The highest BCUT2D eigenvalue weighted by atomic mass is 127. The highest BCUT2D eigenvalue weighted by molar-refractivity contribution is 14.1. The van der Waals surface area contributed by atoms with E-state index in [9.17, 15) is 12.8 Å². The molecule has 2 rings (SSSR count). The molecule has 2 aromatic rings. The molecule has 0 aromatic heterocycles. The first-order valence-corrected chi connectivity index (χ1v) is 7.99. The molecular weight excluding hydrogens is 380 g/mol. The third-order valence-corrected chi connectivity index (χ3v) is 4.73. The third-order valence-electron chi connectivity index (χ3n) is 2.48. The largest absolute Gasteiger partial charge is 0.279 e. The Bertz CT molecular complexity index is 716. The zero-order chi connectivity index (χ0) is 14.0. The molecule has 0 amide bonds. The molecular formula is C13H11FINO2S. The maximum atomic E-state index is 13.0. The van der Waals surface area contributed by atoms with E-state index in [4.69, 9.17) is 0 Å². The zero-order valence-electron chi connectivity index (χ0n) is 10.0. The molecule has 0 saturated heterocycles. The minimum atomic E-state index is -3.65. The van der Waals surface area contributed by atoms with Crippen molar-refractivity contribution in [3.63, 3.8) is 0 Å². The summed E-state index contributed by atoms with van der Waals surface area (Å²) in [5, 5.41) is 0. The van der Waals surface area contributed by atoms with Crippen LogP contribution in [0.2, 0.25) is 0 Å². The van der Waals surface area contributed by atoms with Crippen LogP contribution >= 0.6 is 22.6 Å². The smallest absolute Gasteiger partial charge is 0.261 e. The second kappa shape index (κ2) is 5.46. The second-order valence-electron chi connectivity index (χ2n) is 4.05. The summed E-state index contributed by atoms with van der Waals surface area (Å²) in [4.78, 5) is 0.188. The number of nitrogens with one attached hydrogen (secondary N) is 1. The average molecular weight is 391 g/mol. The van der Waals surface area contributed by atoms with Crippen LogP contribution in [0.3, 0.4) is 0 Å². The van der Waals surface area contributed by atoms with Crippen LogP contribution in [0.4, 0.5) is 10.1 Å². The van der Waals surface area contributed by atoms with Gasteiger partial charge in [0, 0.05) is 3.57 Å². The van der Waals surface area contributed by atoms with Crippen molar-refractivity contribution in [2.45, 2.75) is 11.8 Å². The maximum Gasteiger partial charge on any atom is 0.261 e. The first-order chi connectivity index (χ1) is 8.88. The summed E-state index contributed by atoms with van der Waals surface area (Å²) in [5.41, 5.74) is 1.22. The van der Waals surface area contributed by atoms with Crippen LogP contribution in [-0.4, -0.2) is 8.42 Å². The Kier molecular flexibility index (Phi) is 4.10. The van der Waals surface area contributed by atoms with Gasteiger partial charge in [-0.15, -0.1) is 0 Å². The molecule has 0 spiro atoms. The third kappa shape index (κ3) is 3.44. The Labute approximate surface area is 125 Å².